The molecule has 1 aliphatic heterocycles. The molecule has 3 rings (SSSR count). The molecule has 1 aliphatic rings. The third-order valence-electron chi connectivity index (χ3n) is 4.62. The van der Waals surface area contributed by atoms with Crippen LogP contribution in [-0.2, 0) is 22.6 Å². The quantitative estimate of drug-likeness (QED) is 0.760. The van der Waals surface area contributed by atoms with Crippen LogP contribution in [0, 0.1) is 0 Å². The number of nitrogens with one attached hydrogen (secondary N) is 2. The van der Waals surface area contributed by atoms with E-state index in [1.54, 1.807) is 18.6 Å². The summed E-state index contributed by atoms with van der Waals surface area (Å²) in [5, 5.41) is 5.97. The van der Waals surface area contributed by atoms with Crippen LogP contribution in [0.25, 0.3) is 0 Å². The highest BCUT2D eigenvalue weighted by molar-refractivity contribution is 5.83. The van der Waals surface area contributed by atoms with Crippen molar-refractivity contribution >= 4 is 11.8 Å². The van der Waals surface area contributed by atoms with Crippen LogP contribution in [0.15, 0.2) is 49.1 Å². The zero-order valence-corrected chi connectivity index (χ0v) is 15.5. The second kappa shape index (κ2) is 9.23. The summed E-state index contributed by atoms with van der Waals surface area (Å²) in [6, 6.07) is 7.27. The van der Waals surface area contributed by atoms with Gasteiger partial charge in [-0.15, -0.1) is 0 Å². The maximum absolute atomic E-state index is 12.5. The van der Waals surface area contributed by atoms with Gasteiger partial charge >= 0.3 is 0 Å². The molecule has 7 heteroatoms. The van der Waals surface area contributed by atoms with Crippen molar-refractivity contribution < 1.29 is 9.59 Å². The van der Waals surface area contributed by atoms with Crippen LogP contribution in [0.1, 0.15) is 24.5 Å². The van der Waals surface area contributed by atoms with E-state index < -0.39 is 0 Å². The molecular formula is C20H25N5O2. The third-order valence-corrected chi connectivity index (χ3v) is 4.62. The van der Waals surface area contributed by atoms with Crippen LogP contribution in [0.4, 0.5) is 0 Å². The van der Waals surface area contributed by atoms with Crippen LogP contribution in [0.2, 0.25) is 0 Å². The molecule has 2 amide bonds. The Morgan fingerprint density at radius 1 is 1.15 bits per heavy atom. The van der Waals surface area contributed by atoms with Crippen molar-refractivity contribution in [2.45, 2.75) is 38.4 Å². The summed E-state index contributed by atoms with van der Waals surface area (Å²) in [4.78, 5) is 35.1. The molecule has 2 atom stereocenters. The van der Waals surface area contributed by atoms with Crippen molar-refractivity contribution in [1.82, 2.24) is 25.5 Å². The van der Waals surface area contributed by atoms with Crippen LogP contribution < -0.4 is 10.6 Å². The minimum absolute atomic E-state index is 0.00500. The minimum Gasteiger partial charge on any atom is -0.355 e. The Morgan fingerprint density at radius 2 is 1.85 bits per heavy atom. The molecule has 0 aromatic carbocycles. The van der Waals surface area contributed by atoms with Gasteiger partial charge in [0.15, 0.2) is 0 Å². The lowest BCUT2D eigenvalue weighted by Crippen LogP contribution is -2.42. The molecule has 0 saturated carbocycles. The molecule has 142 valence electrons. The number of hydrogen-bond acceptors (Lipinski definition) is 5. The summed E-state index contributed by atoms with van der Waals surface area (Å²) >= 11 is 0. The Bertz CT molecular complexity index is 753. The molecule has 1 fully saturated rings. The molecule has 0 bridgehead atoms. The molecule has 0 aliphatic carbocycles. The molecule has 0 radical (unpaired) electrons. The second-order valence-corrected chi connectivity index (χ2v) is 6.74. The van der Waals surface area contributed by atoms with E-state index in [4.69, 9.17) is 0 Å². The van der Waals surface area contributed by atoms with Gasteiger partial charge in [0.2, 0.25) is 11.8 Å². The van der Waals surface area contributed by atoms with E-state index in [1.165, 1.54) is 0 Å². The number of carbonyl (C=O) groups is 2. The smallest absolute Gasteiger partial charge is 0.237 e. The minimum atomic E-state index is -0.256. The predicted octanol–water partition coefficient (Wildman–Crippen LogP) is 0.915. The number of carbonyl (C=O) groups excluding carboxylic acids is 2. The molecule has 7 nitrogen and oxygen atoms in total. The number of likely N-dealkylation sites (N-methyl/N-ethyl adjacent to an activating group) is 1. The number of likely N-dealkylation sites (tertiary alicyclic amines) is 1. The molecular weight excluding hydrogens is 342 g/mol. The zero-order valence-electron chi connectivity index (χ0n) is 15.5. The average molecular weight is 367 g/mol. The molecule has 2 aromatic rings. The van der Waals surface area contributed by atoms with Crippen molar-refractivity contribution in [2.24, 2.45) is 0 Å². The standard InChI is InChI=1S/C20H25N5O2/c1-2-23-20(27)18-10-17(14-25(18)13-16-6-4-8-22-12-16)24-19(26)9-15-5-3-7-21-11-15/h3-8,11-12,17-18H,2,9-10,13-14H2,1H3,(H,23,27)(H,24,26)/t17-,18+/m1/s1. The molecule has 0 spiro atoms. The average Bonchev–Trinajstić information content (AvgIpc) is 3.05. The summed E-state index contributed by atoms with van der Waals surface area (Å²) in [6.07, 6.45) is 7.81. The van der Waals surface area contributed by atoms with Crippen molar-refractivity contribution in [3.8, 4) is 0 Å². The zero-order chi connectivity index (χ0) is 19.1. The van der Waals surface area contributed by atoms with E-state index >= 15 is 0 Å². The van der Waals surface area contributed by atoms with Gasteiger partial charge in [-0.05, 0) is 36.6 Å². The largest absolute Gasteiger partial charge is 0.355 e. The van der Waals surface area contributed by atoms with Crippen LogP contribution >= 0.6 is 0 Å². The van der Waals surface area contributed by atoms with Crippen LogP contribution in [0.3, 0.4) is 0 Å². The monoisotopic (exact) mass is 367 g/mol. The van der Waals surface area contributed by atoms with Crippen molar-refractivity contribution in [3.63, 3.8) is 0 Å². The lowest BCUT2D eigenvalue weighted by Gasteiger charge is -2.23. The van der Waals surface area contributed by atoms with E-state index in [9.17, 15) is 9.59 Å². The van der Waals surface area contributed by atoms with E-state index in [-0.39, 0.29) is 23.9 Å². The van der Waals surface area contributed by atoms with Gasteiger partial charge < -0.3 is 10.6 Å². The molecule has 2 aromatic heterocycles. The van der Waals surface area contributed by atoms with Gasteiger partial charge in [-0.25, -0.2) is 0 Å². The first kappa shape index (κ1) is 19.0. The summed E-state index contributed by atoms with van der Waals surface area (Å²) in [5.41, 5.74) is 1.93. The predicted molar refractivity (Wildman–Crippen MR) is 102 cm³/mol. The van der Waals surface area contributed by atoms with E-state index in [2.05, 4.69) is 25.5 Å². The van der Waals surface area contributed by atoms with E-state index in [1.807, 2.05) is 37.4 Å². The van der Waals surface area contributed by atoms with Gasteiger partial charge in [-0.2, -0.15) is 0 Å². The first-order valence-electron chi connectivity index (χ1n) is 9.24. The molecule has 1 saturated heterocycles. The van der Waals surface area contributed by atoms with Gasteiger partial charge in [-0.3, -0.25) is 24.5 Å². The first-order valence-corrected chi connectivity index (χ1v) is 9.24. The van der Waals surface area contributed by atoms with Crippen LogP contribution in [0.5, 0.6) is 0 Å². The lowest BCUT2D eigenvalue weighted by molar-refractivity contribution is -0.125. The number of hydrogen-bond donors (Lipinski definition) is 2. The van der Waals surface area contributed by atoms with Gasteiger partial charge in [0.25, 0.3) is 0 Å². The Kier molecular flexibility index (Phi) is 6.49. The number of amides is 2. The van der Waals surface area contributed by atoms with Gasteiger partial charge in [0, 0.05) is 50.5 Å². The number of rotatable bonds is 7. The lowest BCUT2D eigenvalue weighted by atomic mass is 10.1. The third kappa shape index (κ3) is 5.34. The van der Waals surface area contributed by atoms with Gasteiger partial charge in [-0.1, -0.05) is 12.1 Å². The fourth-order valence-electron chi connectivity index (χ4n) is 3.44. The van der Waals surface area contributed by atoms with Crippen LogP contribution in [-0.4, -0.2) is 51.9 Å². The van der Waals surface area contributed by atoms with E-state index in [0.717, 1.165) is 11.1 Å². The Morgan fingerprint density at radius 3 is 2.48 bits per heavy atom. The first-order chi connectivity index (χ1) is 13.2. The fourth-order valence-corrected chi connectivity index (χ4v) is 3.44. The Hall–Kier alpha value is -2.80. The topological polar surface area (TPSA) is 87.2 Å². The Balaban J connectivity index is 1.63. The normalized spacial score (nSPS) is 19.6. The highest BCUT2D eigenvalue weighted by atomic mass is 16.2. The Labute approximate surface area is 159 Å². The summed E-state index contributed by atoms with van der Waals surface area (Å²) in [5.74, 6) is -0.0451. The number of nitrogens with zero attached hydrogens (tertiary/aromatic N) is 3. The molecule has 2 N–H and O–H groups in total. The van der Waals surface area contributed by atoms with E-state index in [0.29, 0.717) is 32.5 Å². The number of pyridine rings is 2. The fraction of sp³-hybridized carbons (Fsp3) is 0.400. The van der Waals surface area contributed by atoms with Crippen molar-refractivity contribution in [3.05, 3.63) is 60.2 Å². The summed E-state index contributed by atoms with van der Waals surface area (Å²) in [7, 11) is 0. The SMILES string of the molecule is CCNC(=O)[C@@H]1C[C@@H](NC(=O)Cc2cccnc2)CN1Cc1cccnc1. The molecule has 0 unspecified atom stereocenters. The van der Waals surface area contributed by atoms with Gasteiger partial charge in [0.05, 0.1) is 12.5 Å². The summed E-state index contributed by atoms with van der Waals surface area (Å²) < 4.78 is 0. The van der Waals surface area contributed by atoms with Crippen molar-refractivity contribution in [2.75, 3.05) is 13.1 Å². The maximum atomic E-state index is 12.5. The number of aromatic nitrogens is 2. The molecule has 3 heterocycles. The maximum Gasteiger partial charge on any atom is 0.237 e. The second-order valence-electron chi connectivity index (χ2n) is 6.74. The highest BCUT2D eigenvalue weighted by Gasteiger charge is 2.37. The molecule has 27 heavy (non-hydrogen) atoms. The van der Waals surface area contributed by atoms with Crippen molar-refractivity contribution in [1.29, 1.82) is 0 Å². The summed E-state index contributed by atoms with van der Waals surface area (Å²) in [6.45, 7) is 3.76. The highest BCUT2D eigenvalue weighted by Crippen LogP contribution is 2.21. The van der Waals surface area contributed by atoms with Gasteiger partial charge in [0.1, 0.15) is 0 Å².